The normalized spacial score (nSPS) is 14.2. The van der Waals surface area contributed by atoms with Crippen molar-refractivity contribution >= 4 is 0 Å². The van der Waals surface area contributed by atoms with E-state index in [0.29, 0.717) is 12.1 Å². The standard InChI is InChI=1S/C13H29NO/c1-10(2)13(9-14-11(3)4)7-8-15-12(5)6/h10-14H,7-9H2,1-6H3. The minimum atomic E-state index is 0.357. The largest absolute Gasteiger partial charge is 0.379 e. The van der Waals surface area contributed by atoms with E-state index in [0.717, 1.165) is 31.4 Å². The quantitative estimate of drug-likeness (QED) is 0.672. The van der Waals surface area contributed by atoms with Gasteiger partial charge in [0, 0.05) is 12.6 Å². The van der Waals surface area contributed by atoms with Gasteiger partial charge in [0.25, 0.3) is 0 Å². The molecule has 0 amide bonds. The van der Waals surface area contributed by atoms with E-state index >= 15 is 0 Å². The van der Waals surface area contributed by atoms with Crippen LogP contribution in [-0.4, -0.2) is 25.3 Å². The zero-order chi connectivity index (χ0) is 11.8. The van der Waals surface area contributed by atoms with Gasteiger partial charge >= 0.3 is 0 Å². The van der Waals surface area contributed by atoms with Crippen molar-refractivity contribution in [1.82, 2.24) is 5.32 Å². The maximum absolute atomic E-state index is 5.60. The lowest BCUT2D eigenvalue weighted by Gasteiger charge is -2.23. The van der Waals surface area contributed by atoms with Crippen LogP contribution in [0.5, 0.6) is 0 Å². The predicted octanol–water partition coefficient (Wildman–Crippen LogP) is 3.07. The Kier molecular flexibility index (Phi) is 8.07. The van der Waals surface area contributed by atoms with Crippen molar-refractivity contribution in [3.63, 3.8) is 0 Å². The van der Waals surface area contributed by atoms with E-state index < -0.39 is 0 Å². The third-order valence-corrected chi connectivity index (χ3v) is 2.67. The Morgan fingerprint density at radius 2 is 1.60 bits per heavy atom. The molecule has 2 heteroatoms. The van der Waals surface area contributed by atoms with E-state index in [-0.39, 0.29) is 0 Å². The van der Waals surface area contributed by atoms with Crippen molar-refractivity contribution in [1.29, 1.82) is 0 Å². The Balaban J connectivity index is 3.73. The maximum Gasteiger partial charge on any atom is 0.0518 e. The average Bonchev–Trinajstić information content (AvgIpc) is 2.09. The summed E-state index contributed by atoms with van der Waals surface area (Å²) in [7, 11) is 0. The molecule has 0 heterocycles. The molecule has 1 N–H and O–H groups in total. The fourth-order valence-corrected chi connectivity index (χ4v) is 1.51. The summed E-state index contributed by atoms with van der Waals surface area (Å²) in [6, 6.07) is 0.581. The second kappa shape index (κ2) is 8.12. The van der Waals surface area contributed by atoms with Crippen LogP contribution in [0.1, 0.15) is 48.0 Å². The smallest absolute Gasteiger partial charge is 0.0518 e. The summed E-state index contributed by atoms with van der Waals surface area (Å²) in [6.45, 7) is 15.2. The Bertz CT molecular complexity index is 143. The summed E-state index contributed by atoms with van der Waals surface area (Å²) in [5.74, 6) is 1.46. The van der Waals surface area contributed by atoms with Gasteiger partial charge in [-0.05, 0) is 38.6 Å². The zero-order valence-electron chi connectivity index (χ0n) is 11.3. The molecule has 0 rings (SSSR count). The van der Waals surface area contributed by atoms with Crippen LogP contribution in [0.4, 0.5) is 0 Å². The van der Waals surface area contributed by atoms with Crippen molar-refractivity contribution in [2.45, 2.75) is 60.1 Å². The van der Waals surface area contributed by atoms with Crippen molar-refractivity contribution in [2.75, 3.05) is 13.2 Å². The molecule has 15 heavy (non-hydrogen) atoms. The molecular formula is C13H29NO. The lowest BCUT2D eigenvalue weighted by molar-refractivity contribution is 0.0637. The van der Waals surface area contributed by atoms with Gasteiger partial charge in [-0.25, -0.2) is 0 Å². The fourth-order valence-electron chi connectivity index (χ4n) is 1.51. The van der Waals surface area contributed by atoms with Crippen LogP contribution in [0, 0.1) is 11.8 Å². The lowest BCUT2D eigenvalue weighted by Crippen LogP contribution is -2.32. The minimum absolute atomic E-state index is 0.357. The molecule has 0 aliphatic carbocycles. The van der Waals surface area contributed by atoms with Crippen LogP contribution < -0.4 is 5.32 Å². The van der Waals surface area contributed by atoms with Crippen molar-refractivity contribution in [3.8, 4) is 0 Å². The lowest BCUT2D eigenvalue weighted by atomic mass is 9.92. The van der Waals surface area contributed by atoms with E-state index in [1.54, 1.807) is 0 Å². The zero-order valence-corrected chi connectivity index (χ0v) is 11.3. The van der Waals surface area contributed by atoms with Gasteiger partial charge in [-0.1, -0.05) is 27.7 Å². The first-order chi connectivity index (χ1) is 6.93. The molecule has 1 unspecified atom stereocenters. The molecule has 0 radical (unpaired) electrons. The number of hydrogen-bond acceptors (Lipinski definition) is 2. The van der Waals surface area contributed by atoms with Crippen molar-refractivity contribution < 1.29 is 4.74 Å². The minimum Gasteiger partial charge on any atom is -0.379 e. The summed E-state index contributed by atoms with van der Waals surface area (Å²) >= 11 is 0. The van der Waals surface area contributed by atoms with Crippen LogP contribution >= 0.6 is 0 Å². The summed E-state index contributed by atoms with van der Waals surface area (Å²) in [4.78, 5) is 0. The fraction of sp³-hybridized carbons (Fsp3) is 1.00. The van der Waals surface area contributed by atoms with Crippen LogP contribution in [0.25, 0.3) is 0 Å². The molecule has 92 valence electrons. The van der Waals surface area contributed by atoms with Gasteiger partial charge in [0.1, 0.15) is 0 Å². The molecule has 0 saturated carbocycles. The first kappa shape index (κ1) is 14.9. The maximum atomic E-state index is 5.60. The van der Waals surface area contributed by atoms with E-state index in [9.17, 15) is 0 Å². The van der Waals surface area contributed by atoms with Gasteiger partial charge in [-0.3, -0.25) is 0 Å². The van der Waals surface area contributed by atoms with Crippen LogP contribution in [0.15, 0.2) is 0 Å². The SMILES string of the molecule is CC(C)NCC(CCOC(C)C)C(C)C. The monoisotopic (exact) mass is 215 g/mol. The van der Waals surface area contributed by atoms with Gasteiger partial charge in [0.15, 0.2) is 0 Å². The summed E-state index contributed by atoms with van der Waals surface area (Å²) < 4.78 is 5.60. The van der Waals surface area contributed by atoms with E-state index in [2.05, 4.69) is 46.9 Å². The van der Waals surface area contributed by atoms with Crippen LogP contribution in [0.2, 0.25) is 0 Å². The Hall–Kier alpha value is -0.0800. The Morgan fingerprint density at radius 1 is 1.00 bits per heavy atom. The summed E-state index contributed by atoms with van der Waals surface area (Å²) in [5.41, 5.74) is 0. The third-order valence-electron chi connectivity index (χ3n) is 2.67. The average molecular weight is 215 g/mol. The number of rotatable bonds is 8. The second-order valence-corrected chi connectivity index (χ2v) is 5.28. The Morgan fingerprint density at radius 3 is 2.00 bits per heavy atom. The van der Waals surface area contributed by atoms with E-state index in [1.165, 1.54) is 0 Å². The predicted molar refractivity (Wildman–Crippen MR) is 67.2 cm³/mol. The van der Waals surface area contributed by atoms with Crippen molar-refractivity contribution in [2.24, 2.45) is 11.8 Å². The van der Waals surface area contributed by atoms with E-state index in [1.807, 2.05) is 0 Å². The molecule has 0 saturated heterocycles. The molecule has 0 fully saturated rings. The number of hydrogen-bond donors (Lipinski definition) is 1. The summed E-state index contributed by atoms with van der Waals surface area (Å²) in [6.07, 6.45) is 1.52. The second-order valence-electron chi connectivity index (χ2n) is 5.28. The summed E-state index contributed by atoms with van der Waals surface area (Å²) in [5, 5.41) is 3.51. The van der Waals surface area contributed by atoms with Gasteiger partial charge in [0.2, 0.25) is 0 Å². The molecule has 1 atom stereocenters. The topological polar surface area (TPSA) is 21.3 Å². The number of nitrogens with one attached hydrogen (secondary N) is 1. The van der Waals surface area contributed by atoms with Gasteiger partial charge in [-0.2, -0.15) is 0 Å². The molecular weight excluding hydrogens is 186 g/mol. The third kappa shape index (κ3) is 8.88. The molecule has 0 aromatic rings. The number of ether oxygens (including phenoxy) is 1. The van der Waals surface area contributed by atoms with E-state index in [4.69, 9.17) is 4.74 Å². The van der Waals surface area contributed by atoms with Gasteiger partial charge in [0.05, 0.1) is 6.10 Å². The molecule has 2 nitrogen and oxygen atoms in total. The molecule has 0 aromatic carbocycles. The molecule has 0 aliphatic rings. The van der Waals surface area contributed by atoms with Gasteiger partial charge in [-0.15, -0.1) is 0 Å². The highest BCUT2D eigenvalue weighted by atomic mass is 16.5. The highest BCUT2D eigenvalue weighted by Gasteiger charge is 2.13. The molecule has 0 spiro atoms. The first-order valence-corrected chi connectivity index (χ1v) is 6.28. The molecule has 0 aliphatic heterocycles. The highest BCUT2D eigenvalue weighted by molar-refractivity contribution is 4.67. The van der Waals surface area contributed by atoms with Gasteiger partial charge < -0.3 is 10.1 Å². The molecule has 0 bridgehead atoms. The van der Waals surface area contributed by atoms with Crippen LogP contribution in [0.3, 0.4) is 0 Å². The first-order valence-electron chi connectivity index (χ1n) is 6.28. The van der Waals surface area contributed by atoms with Crippen LogP contribution in [-0.2, 0) is 4.74 Å². The van der Waals surface area contributed by atoms with Crippen molar-refractivity contribution in [3.05, 3.63) is 0 Å². The highest BCUT2D eigenvalue weighted by Crippen LogP contribution is 2.14. The molecule has 0 aromatic heterocycles. The Labute approximate surface area is 95.8 Å².